The van der Waals surface area contributed by atoms with Gasteiger partial charge in [-0.25, -0.2) is 9.37 Å². The van der Waals surface area contributed by atoms with Gasteiger partial charge in [-0.05, 0) is 18.6 Å². The van der Waals surface area contributed by atoms with Gasteiger partial charge in [0, 0.05) is 6.54 Å². The molecule has 0 amide bonds. The van der Waals surface area contributed by atoms with Gasteiger partial charge in [-0.15, -0.1) is 0 Å². The number of nitrogens with zero attached hydrogens (tertiary/aromatic N) is 2. The summed E-state index contributed by atoms with van der Waals surface area (Å²) in [5, 5.41) is 3.23. The van der Waals surface area contributed by atoms with Crippen LogP contribution in [0.25, 0.3) is 0 Å². The minimum Gasteiger partial charge on any atom is -0.434 e. The molecule has 100 valence electrons. The molecular formula is C13H13ClFN3O. The van der Waals surface area contributed by atoms with Gasteiger partial charge in [0.2, 0.25) is 11.8 Å². The Hall–Kier alpha value is -1.88. The molecule has 0 saturated heterocycles. The van der Waals surface area contributed by atoms with E-state index < -0.39 is 5.82 Å². The second kappa shape index (κ2) is 6.33. The fraction of sp³-hybridized carbons (Fsp3) is 0.231. The van der Waals surface area contributed by atoms with Crippen LogP contribution in [0.3, 0.4) is 0 Å². The van der Waals surface area contributed by atoms with Gasteiger partial charge in [-0.1, -0.05) is 30.7 Å². The maximum atomic E-state index is 13.5. The lowest BCUT2D eigenvalue weighted by atomic mass is 10.3. The molecule has 0 atom stereocenters. The van der Waals surface area contributed by atoms with Gasteiger partial charge in [-0.2, -0.15) is 4.98 Å². The van der Waals surface area contributed by atoms with E-state index in [2.05, 4.69) is 15.3 Å². The molecular weight excluding hydrogens is 269 g/mol. The molecule has 19 heavy (non-hydrogen) atoms. The average molecular weight is 282 g/mol. The van der Waals surface area contributed by atoms with Crippen molar-refractivity contribution in [2.75, 3.05) is 11.9 Å². The fourth-order valence-electron chi connectivity index (χ4n) is 1.38. The molecule has 1 aromatic heterocycles. The first-order valence-electron chi connectivity index (χ1n) is 5.89. The fourth-order valence-corrected chi connectivity index (χ4v) is 1.51. The van der Waals surface area contributed by atoms with Crippen molar-refractivity contribution in [1.29, 1.82) is 0 Å². The van der Waals surface area contributed by atoms with E-state index in [-0.39, 0.29) is 16.7 Å². The highest BCUT2D eigenvalue weighted by atomic mass is 35.5. The lowest BCUT2D eigenvalue weighted by Crippen LogP contribution is -2.05. The Labute approximate surface area is 115 Å². The van der Waals surface area contributed by atoms with Gasteiger partial charge >= 0.3 is 0 Å². The van der Waals surface area contributed by atoms with E-state index in [0.29, 0.717) is 5.95 Å². The summed E-state index contributed by atoms with van der Waals surface area (Å²) in [5.74, 6) is 0.128. The number of ether oxygens (including phenoxy) is 1. The molecule has 1 aromatic carbocycles. The van der Waals surface area contributed by atoms with Gasteiger partial charge in [0.25, 0.3) is 0 Å². The molecule has 1 N–H and O–H groups in total. The smallest absolute Gasteiger partial charge is 0.243 e. The Balaban J connectivity index is 2.21. The SMILES string of the molecule is CCCNc1ncc(Cl)c(Oc2ccccc2F)n1. The van der Waals surface area contributed by atoms with E-state index in [4.69, 9.17) is 16.3 Å². The van der Waals surface area contributed by atoms with Crippen LogP contribution in [0, 0.1) is 5.82 Å². The minimum absolute atomic E-state index is 0.0736. The highest BCUT2D eigenvalue weighted by Crippen LogP contribution is 2.28. The normalized spacial score (nSPS) is 10.3. The molecule has 0 saturated carbocycles. The monoisotopic (exact) mass is 281 g/mol. The van der Waals surface area contributed by atoms with Crippen LogP contribution < -0.4 is 10.1 Å². The van der Waals surface area contributed by atoms with E-state index in [1.807, 2.05) is 6.92 Å². The van der Waals surface area contributed by atoms with Crippen LogP contribution in [-0.4, -0.2) is 16.5 Å². The Kier molecular flexibility index (Phi) is 4.52. The summed E-state index contributed by atoms with van der Waals surface area (Å²) in [6, 6.07) is 6.06. The zero-order chi connectivity index (χ0) is 13.7. The van der Waals surface area contributed by atoms with Crippen molar-refractivity contribution in [3.63, 3.8) is 0 Å². The molecule has 4 nitrogen and oxygen atoms in total. The molecule has 2 aromatic rings. The molecule has 0 aliphatic carbocycles. The van der Waals surface area contributed by atoms with Crippen molar-refractivity contribution in [3.8, 4) is 11.6 Å². The Bertz CT molecular complexity index is 565. The van der Waals surface area contributed by atoms with Gasteiger partial charge in [0.15, 0.2) is 11.6 Å². The third-order valence-corrected chi connectivity index (χ3v) is 2.55. The maximum Gasteiger partial charge on any atom is 0.243 e. The van der Waals surface area contributed by atoms with Crippen molar-refractivity contribution in [2.24, 2.45) is 0 Å². The zero-order valence-corrected chi connectivity index (χ0v) is 11.1. The summed E-state index contributed by atoms with van der Waals surface area (Å²) >= 11 is 5.93. The van der Waals surface area contributed by atoms with Gasteiger partial charge in [0.05, 0.1) is 6.20 Å². The number of nitrogens with one attached hydrogen (secondary N) is 1. The molecule has 6 heteroatoms. The number of benzene rings is 1. The number of para-hydroxylation sites is 1. The number of rotatable bonds is 5. The molecule has 0 fully saturated rings. The molecule has 0 aliphatic rings. The maximum absolute atomic E-state index is 13.5. The van der Waals surface area contributed by atoms with Crippen LogP contribution >= 0.6 is 11.6 Å². The van der Waals surface area contributed by atoms with Gasteiger partial charge < -0.3 is 10.1 Å². The Morgan fingerprint density at radius 1 is 1.37 bits per heavy atom. The largest absolute Gasteiger partial charge is 0.434 e. The first kappa shape index (κ1) is 13.5. The van der Waals surface area contributed by atoms with Crippen molar-refractivity contribution in [3.05, 3.63) is 41.3 Å². The van der Waals surface area contributed by atoms with E-state index in [9.17, 15) is 4.39 Å². The van der Waals surface area contributed by atoms with E-state index in [1.165, 1.54) is 18.3 Å². The number of aromatic nitrogens is 2. The van der Waals surface area contributed by atoms with Crippen molar-refractivity contribution >= 4 is 17.5 Å². The van der Waals surface area contributed by atoms with Crippen molar-refractivity contribution in [2.45, 2.75) is 13.3 Å². The van der Waals surface area contributed by atoms with Gasteiger partial charge in [0.1, 0.15) is 5.02 Å². The second-order valence-corrected chi connectivity index (χ2v) is 4.21. The third kappa shape index (κ3) is 3.54. The first-order chi connectivity index (χ1) is 9.20. The van der Waals surface area contributed by atoms with E-state index >= 15 is 0 Å². The summed E-state index contributed by atoms with van der Waals surface area (Å²) in [7, 11) is 0. The first-order valence-corrected chi connectivity index (χ1v) is 6.27. The molecule has 0 bridgehead atoms. The quantitative estimate of drug-likeness (QED) is 0.903. The average Bonchev–Trinajstić information content (AvgIpc) is 2.42. The Morgan fingerprint density at radius 2 is 2.16 bits per heavy atom. The predicted octanol–water partition coefficient (Wildman–Crippen LogP) is 3.88. The van der Waals surface area contributed by atoms with Crippen LogP contribution in [0.15, 0.2) is 30.5 Å². The van der Waals surface area contributed by atoms with E-state index in [0.717, 1.165) is 13.0 Å². The van der Waals surface area contributed by atoms with E-state index in [1.54, 1.807) is 12.1 Å². The zero-order valence-electron chi connectivity index (χ0n) is 10.4. The van der Waals surface area contributed by atoms with Crippen molar-refractivity contribution in [1.82, 2.24) is 9.97 Å². The highest BCUT2D eigenvalue weighted by Gasteiger charge is 2.10. The van der Waals surface area contributed by atoms with Crippen LogP contribution in [0.1, 0.15) is 13.3 Å². The molecule has 0 unspecified atom stereocenters. The lowest BCUT2D eigenvalue weighted by molar-refractivity contribution is 0.427. The standard InChI is InChI=1S/C13H13ClFN3O/c1-2-7-16-13-17-8-9(14)12(18-13)19-11-6-4-3-5-10(11)15/h3-6,8H,2,7H2,1H3,(H,16,17,18). The molecule has 0 spiro atoms. The van der Waals surface area contributed by atoms with Crippen LogP contribution in [0.2, 0.25) is 5.02 Å². The van der Waals surface area contributed by atoms with Crippen LogP contribution in [-0.2, 0) is 0 Å². The molecule has 0 radical (unpaired) electrons. The summed E-state index contributed by atoms with van der Waals surface area (Å²) in [5.41, 5.74) is 0. The summed E-state index contributed by atoms with van der Waals surface area (Å²) in [6.07, 6.45) is 2.36. The summed E-state index contributed by atoms with van der Waals surface area (Å²) in [4.78, 5) is 8.12. The third-order valence-electron chi connectivity index (χ3n) is 2.29. The van der Waals surface area contributed by atoms with Gasteiger partial charge in [-0.3, -0.25) is 0 Å². The lowest BCUT2D eigenvalue weighted by Gasteiger charge is -2.09. The number of anilines is 1. The summed E-state index contributed by atoms with van der Waals surface area (Å²) < 4.78 is 18.8. The van der Waals surface area contributed by atoms with Crippen LogP contribution in [0.5, 0.6) is 11.6 Å². The summed E-state index contributed by atoms with van der Waals surface area (Å²) in [6.45, 7) is 2.76. The van der Waals surface area contributed by atoms with Crippen molar-refractivity contribution < 1.29 is 9.13 Å². The number of hydrogen-bond donors (Lipinski definition) is 1. The highest BCUT2D eigenvalue weighted by molar-refractivity contribution is 6.31. The minimum atomic E-state index is -0.472. The molecule has 2 rings (SSSR count). The Morgan fingerprint density at radius 3 is 2.89 bits per heavy atom. The topological polar surface area (TPSA) is 47.0 Å². The predicted molar refractivity (Wildman–Crippen MR) is 72.3 cm³/mol. The molecule has 1 heterocycles. The molecule has 0 aliphatic heterocycles. The number of hydrogen-bond acceptors (Lipinski definition) is 4. The number of halogens is 2. The van der Waals surface area contributed by atoms with Crippen LogP contribution in [0.4, 0.5) is 10.3 Å². The second-order valence-electron chi connectivity index (χ2n) is 3.81.